The van der Waals surface area contributed by atoms with Gasteiger partial charge in [0.1, 0.15) is 0 Å². The van der Waals surface area contributed by atoms with Crippen LogP contribution < -0.4 is 5.73 Å². The molecule has 1 unspecified atom stereocenters. The Kier molecular flexibility index (Phi) is 5.63. The molecule has 0 saturated heterocycles. The topological polar surface area (TPSA) is 43.8 Å². The molecular weight excluding hydrogens is 394 g/mol. The lowest BCUT2D eigenvalue weighted by molar-refractivity contribution is 0.584. The fraction of sp³-hybridized carbons (Fsp3) is 0.438. The van der Waals surface area contributed by atoms with Gasteiger partial charge < -0.3 is 5.73 Å². The van der Waals surface area contributed by atoms with Crippen LogP contribution in [0.3, 0.4) is 0 Å². The minimum atomic E-state index is -0.0371. The summed E-state index contributed by atoms with van der Waals surface area (Å²) in [6.07, 6.45) is 1.70. The predicted octanol–water partition coefficient (Wildman–Crippen LogP) is 4.54. The third-order valence-corrected chi connectivity index (χ3v) is 5.50. The number of rotatable bonds is 5. The molecule has 0 radical (unpaired) electrons. The summed E-state index contributed by atoms with van der Waals surface area (Å²) in [4.78, 5) is 0. The van der Waals surface area contributed by atoms with Gasteiger partial charge in [0.15, 0.2) is 0 Å². The molecule has 0 saturated carbocycles. The maximum absolute atomic E-state index is 6.41. The zero-order valence-electron chi connectivity index (χ0n) is 12.7. The number of nitrogens with two attached hydrogens (primary N) is 1. The molecule has 5 heteroatoms. The summed E-state index contributed by atoms with van der Waals surface area (Å²) in [6, 6.07) is 6.28. The van der Waals surface area contributed by atoms with Crippen molar-refractivity contribution in [2.75, 3.05) is 0 Å². The zero-order valence-corrected chi connectivity index (χ0v) is 15.8. The number of aromatic nitrogens is 2. The zero-order chi connectivity index (χ0) is 15.6. The fourth-order valence-corrected chi connectivity index (χ4v) is 3.50. The summed E-state index contributed by atoms with van der Waals surface area (Å²) in [5.41, 5.74) is 11.0. The van der Waals surface area contributed by atoms with Gasteiger partial charge in [-0.1, -0.05) is 35.0 Å². The molecular formula is C16H21Br2N3. The first-order chi connectivity index (χ1) is 9.97. The molecule has 0 aliphatic rings. The highest BCUT2D eigenvalue weighted by Gasteiger charge is 2.17. The first-order valence-corrected chi connectivity index (χ1v) is 8.82. The summed E-state index contributed by atoms with van der Waals surface area (Å²) in [6.45, 7) is 7.16. The normalized spacial score (nSPS) is 12.7. The Hall–Kier alpha value is -0.650. The molecule has 1 atom stereocenters. The molecule has 2 aromatic rings. The lowest BCUT2D eigenvalue weighted by Gasteiger charge is -2.14. The van der Waals surface area contributed by atoms with E-state index in [2.05, 4.69) is 75.9 Å². The van der Waals surface area contributed by atoms with Crippen LogP contribution in [0.25, 0.3) is 0 Å². The first kappa shape index (κ1) is 16.7. The number of halogens is 2. The Balaban J connectivity index is 2.28. The second-order valence-electron chi connectivity index (χ2n) is 5.20. The monoisotopic (exact) mass is 413 g/mol. The highest BCUT2D eigenvalue weighted by Crippen LogP contribution is 2.28. The summed E-state index contributed by atoms with van der Waals surface area (Å²) >= 11 is 7.26. The second kappa shape index (κ2) is 7.07. The van der Waals surface area contributed by atoms with Crippen LogP contribution in [-0.4, -0.2) is 9.78 Å². The average Bonchev–Trinajstić information content (AvgIpc) is 2.78. The number of hydrogen-bond donors (Lipinski definition) is 1. The number of aryl methyl sites for hydroxylation is 3. The maximum Gasteiger partial charge on any atom is 0.0766 e. The molecule has 3 nitrogen and oxygen atoms in total. The molecule has 0 aliphatic heterocycles. The van der Waals surface area contributed by atoms with E-state index in [4.69, 9.17) is 5.73 Å². The van der Waals surface area contributed by atoms with Crippen molar-refractivity contribution in [2.24, 2.45) is 5.73 Å². The summed E-state index contributed by atoms with van der Waals surface area (Å²) < 4.78 is 4.26. The number of hydrogen-bond acceptors (Lipinski definition) is 2. The molecule has 2 rings (SSSR count). The minimum Gasteiger partial charge on any atom is -0.324 e. The lowest BCUT2D eigenvalue weighted by atomic mass is 10.0. The molecule has 0 fully saturated rings. The van der Waals surface area contributed by atoms with Gasteiger partial charge in [0.05, 0.1) is 15.9 Å². The van der Waals surface area contributed by atoms with Crippen LogP contribution >= 0.6 is 31.9 Å². The molecule has 114 valence electrons. The largest absolute Gasteiger partial charge is 0.324 e. The molecule has 0 spiro atoms. The van der Waals surface area contributed by atoms with E-state index < -0.39 is 0 Å². The number of benzene rings is 1. The quantitative estimate of drug-likeness (QED) is 0.780. The summed E-state index contributed by atoms with van der Waals surface area (Å²) in [5, 5.41) is 4.63. The van der Waals surface area contributed by atoms with Crippen molar-refractivity contribution in [3.8, 4) is 0 Å². The van der Waals surface area contributed by atoms with Gasteiger partial charge in [-0.3, -0.25) is 4.68 Å². The Morgan fingerprint density at radius 1 is 1.29 bits per heavy atom. The van der Waals surface area contributed by atoms with E-state index in [1.807, 2.05) is 4.68 Å². The molecule has 2 N–H and O–H groups in total. The van der Waals surface area contributed by atoms with E-state index in [1.165, 1.54) is 11.3 Å². The molecule has 0 aliphatic carbocycles. The SMILES string of the molecule is CCc1nn(CC)c(CC(N)c2ccc(C)c(Br)c2)c1Br. The Bertz CT molecular complexity index is 635. The van der Waals surface area contributed by atoms with Gasteiger partial charge in [0.25, 0.3) is 0 Å². The van der Waals surface area contributed by atoms with E-state index in [0.29, 0.717) is 0 Å². The van der Waals surface area contributed by atoms with Crippen molar-refractivity contribution in [1.82, 2.24) is 9.78 Å². The van der Waals surface area contributed by atoms with Crippen LogP contribution in [0.5, 0.6) is 0 Å². The second-order valence-corrected chi connectivity index (χ2v) is 6.84. The lowest BCUT2D eigenvalue weighted by Crippen LogP contribution is -2.16. The van der Waals surface area contributed by atoms with Crippen LogP contribution in [0.4, 0.5) is 0 Å². The fourth-order valence-electron chi connectivity index (χ4n) is 2.38. The minimum absolute atomic E-state index is 0.0371. The molecule has 0 amide bonds. The third kappa shape index (κ3) is 3.58. The standard InChI is InChI=1S/C16H21Br2N3/c1-4-14-16(18)15(21(5-2)20-14)9-13(19)11-7-6-10(3)12(17)8-11/h6-8,13H,4-5,9,19H2,1-3H3. The molecule has 0 bridgehead atoms. The number of nitrogens with zero attached hydrogens (tertiary/aromatic N) is 2. The van der Waals surface area contributed by atoms with E-state index in [0.717, 1.165) is 39.6 Å². The molecule has 1 heterocycles. The van der Waals surface area contributed by atoms with Gasteiger partial charge in [0.2, 0.25) is 0 Å². The average molecular weight is 415 g/mol. The van der Waals surface area contributed by atoms with E-state index in [1.54, 1.807) is 0 Å². The van der Waals surface area contributed by atoms with Crippen molar-refractivity contribution in [2.45, 2.75) is 46.2 Å². The summed E-state index contributed by atoms with van der Waals surface area (Å²) in [5.74, 6) is 0. The van der Waals surface area contributed by atoms with Crippen LogP contribution in [0.1, 0.15) is 42.4 Å². The van der Waals surface area contributed by atoms with E-state index in [-0.39, 0.29) is 6.04 Å². The maximum atomic E-state index is 6.41. The smallest absolute Gasteiger partial charge is 0.0766 e. The van der Waals surface area contributed by atoms with Gasteiger partial charge in [0, 0.05) is 23.5 Å². The third-order valence-electron chi connectivity index (χ3n) is 3.73. The van der Waals surface area contributed by atoms with Crippen molar-refractivity contribution >= 4 is 31.9 Å². The van der Waals surface area contributed by atoms with Gasteiger partial charge in [-0.15, -0.1) is 0 Å². The Morgan fingerprint density at radius 3 is 2.57 bits per heavy atom. The van der Waals surface area contributed by atoms with Crippen LogP contribution in [0.15, 0.2) is 27.1 Å². The van der Waals surface area contributed by atoms with Crippen molar-refractivity contribution in [3.05, 3.63) is 49.7 Å². The van der Waals surface area contributed by atoms with Crippen molar-refractivity contribution in [1.29, 1.82) is 0 Å². The van der Waals surface area contributed by atoms with Crippen molar-refractivity contribution < 1.29 is 0 Å². The molecule has 21 heavy (non-hydrogen) atoms. The highest BCUT2D eigenvalue weighted by molar-refractivity contribution is 9.10. The van der Waals surface area contributed by atoms with Crippen LogP contribution in [0.2, 0.25) is 0 Å². The predicted molar refractivity (Wildman–Crippen MR) is 94.5 cm³/mol. The molecule has 1 aromatic heterocycles. The van der Waals surface area contributed by atoms with Gasteiger partial charge in [-0.2, -0.15) is 5.10 Å². The van der Waals surface area contributed by atoms with Crippen LogP contribution in [0, 0.1) is 6.92 Å². The van der Waals surface area contributed by atoms with Gasteiger partial charge in [-0.25, -0.2) is 0 Å². The Morgan fingerprint density at radius 2 is 2.00 bits per heavy atom. The van der Waals surface area contributed by atoms with Gasteiger partial charge in [-0.05, 0) is 53.4 Å². The summed E-state index contributed by atoms with van der Waals surface area (Å²) in [7, 11) is 0. The van der Waals surface area contributed by atoms with E-state index >= 15 is 0 Å². The van der Waals surface area contributed by atoms with E-state index in [9.17, 15) is 0 Å². The molecule has 1 aromatic carbocycles. The van der Waals surface area contributed by atoms with Crippen LogP contribution in [-0.2, 0) is 19.4 Å². The highest BCUT2D eigenvalue weighted by atomic mass is 79.9. The van der Waals surface area contributed by atoms with Crippen molar-refractivity contribution in [3.63, 3.8) is 0 Å². The Labute approximate surface area is 143 Å². The first-order valence-electron chi connectivity index (χ1n) is 7.23. The van der Waals surface area contributed by atoms with Gasteiger partial charge >= 0.3 is 0 Å².